The molecule has 1 atom stereocenters. The van der Waals surface area contributed by atoms with Gasteiger partial charge in [-0.15, -0.1) is 11.3 Å². The van der Waals surface area contributed by atoms with Crippen LogP contribution in [0.5, 0.6) is 0 Å². The average molecular weight is 199 g/mol. The second-order valence-corrected chi connectivity index (χ2v) is 4.10. The number of hydrogen-bond acceptors (Lipinski definition) is 3. The lowest BCUT2D eigenvalue weighted by Gasteiger charge is -2.14. The molecule has 1 unspecified atom stereocenters. The van der Waals surface area contributed by atoms with Gasteiger partial charge in [0.05, 0.1) is 6.61 Å². The fourth-order valence-electron chi connectivity index (χ4n) is 1.30. The topological polar surface area (TPSA) is 32.3 Å². The zero-order chi connectivity index (χ0) is 9.52. The number of aliphatic hydroxyl groups excluding tert-OH is 1. The van der Waals surface area contributed by atoms with Crippen LogP contribution in [0.3, 0.4) is 0 Å². The van der Waals surface area contributed by atoms with Crippen molar-refractivity contribution < 1.29 is 5.11 Å². The van der Waals surface area contributed by atoms with E-state index in [2.05, 4.69) is 29.8 Å². The van der Waals surface area contributed by atoms with E-state index in [0.717, 1.165) is 12.8 Å². The van der Waals surface area contributed by atoms with Crippen LogP contribution < -0.4 is 5.32 Å². The molecule has 2 nitrogen and oxygen atoms in total. The Morgan fingerprint density at radius 3 is 3.00 bits per heavy atom. The smallest absolute Gasteiger partial charge is 0.0556 e. The standard InChI is InChI=1S/C10H17NOS/c1-2-9(11-5-6-12)8-10-4-3-7-13-10/h3-4,7,9,11-12H,2,5-6,8H2,1H3. The quantitative estimate of drug-likeness (QED) is 0.730. The number of aliphatic hydroxyl groups is 1. The van der Waals surface area contributed by atoms with E-state index in [9.17, 15) is 0 Å². The van der Waals surface area contributed by atoms with Gasteiger partial charge >= 0.3 is 0 Å². The summed E-state index contributed by atoms with van der Waals surface area (Å²) in [7, 11) is 0. The number of nitrogens with one attached hydrogen (secondary N) is 1. The zero-order valence-electron chi connectivity index (χ0n) is 7.99. The summed E-state index contributed by atoms with van der Waals surface area (Å²) in [5.41, 5.74) is 0. The molecule has 0 aliphatic heterocycles. The van der Waals surface area contributed by atoms with E-state index in [1.165, 1.54) is 4.88 Å². The molecule has 1 rings (SSSR count). The fraction of sp³-hybridized carbons (Fsp3) is 0.600. The van der Waals surface area contributed by atoms with Crippen molar-refractivity contribution in [2.45, 2.75) is 25.8 Å². The Morgan fingerprint density at radius 1 is 1.62 bits per heavy atom. The molecule has 0 amide bonds. The van der Waals surface area contributed by atoms with Gasteiger partial charge in [0.1, 0.15) is 0 Å². The van der Waals surface area contributed by atoms with Crippen molar-refractivity contribution in [2.24, 2.45) is 0 Å². The van der Waals surface area contributed by atoms with Crippen LogP contribution in [0.2, 0.25) is 0 Å². The molecule has 0 bridgehead atoms. The maximum absolute atomic E-state index is 8.68. The second kappa shape index (κ2) is 6.13. The molecule has 74 valence electrons. The lowest BCUT2D eigenvalue weighted by Crippen LogP contribution is -2.32. The molecular weight excluding hydrogens is 182 g/mol. The number of rotatable bonds is 6. The molecule has 0 spiro atoms. The monoisotopic (exact) mass is 199 g/mol. The molecule has 1 heterocycles. The SMILES string of the molecule is CCC(Cc1cccs1)NCCO. The highest BCUT2D eigenvalue weighted by Gasteiger charge is 2.06. The summed E-state index contributed by atoms with van der Waals surface area (Å²) in [5.74, 6) is 0. The lowest BCUT2D eigenvalue weighted by atomic mass is 10.1. The zero-order valence-corrected chi connectivity index (χ0v) is 8.81. The molecular formula is C10H17NOS. The highest BCUT2D eigenvalue weighted by molar-refractivity contribution is 7.09. The van der Waals surface area contributed by atoms with Gasteiger partial charge in [-0.3, -0.25) is 0 Å². The highest BCUT2D eigenvalue weighted by atomic mass is 32.1. The van der Waals surface area contributed by atoms with Crippen molar-refractivity contribution in [1.82, 2.24) is 5.32 Å². The average Bonchev–Trinajstić information content (AvgIpc) is 2.64. The third-order valence-electron chi connectivity index (χ3n) is 2.07. The Hall–Kier alpha value is -0.380. The Kier molecular flexibility index (Phi) is 5.05. The van der Waals surface area contributed by atoms with E-state index in [0.29, 0.717) is 12.6 Å². The van der Waals surface area contributed by atoms with Gasteiger partial charge in [-0.1, -0.05) is 13.0 Å². The largest absolute Gasteiger partial charge is 0.395 e. The van der Waals surface area contributed by atoms with Crippen LogP contribution in [0.15, 0.2) is 17.5 Å². The summed E-state index contributed by atoms with van der Waals surface area (Å²) in [6.07, 6.45) is 2.19. The minimum absolute atomic E-state index is 0.223. The maximum atomic E-state index is 8.68. The summed E-state index contributed by atoms with van der Waals surface area (Å²) < 4.78 is 0. The van der Waals surface area contributed by atoms with Crippen molar-refractivity contribution in [2.75, 3.05) is 13.2 Å². The molecule has 1 aromatic rings. The molecule has 13 heavy (non-hydrogen) atoms. The first-order valence-corrected chi connectivity index (χ1v) is 5.61. The molecule has 0 aliphatic carbocycles. The second-order valence-electron chi connectivity index (χ2n) is 3.07. The van der Waals surface area contributed by atoms with E-state index in [1.54, 1.807) is 11.3 Å². The Balaban J connectivity index is 2.31. The van der Waals surface area contributed by atoms with Crippen LogP contribution in [0.25, 0.3) is 0 Å². The van der Waals surface area contributed by atoms with Crippen LogP contribution >= 0.6 is 11.3 Å². The van der Waals surface area contributed by atoms with E-state index in [1.807, 2.05) is 0 Å². The summed E-state index contributed by atoms with van der Waals surface area (Å²) >= 11 is 1.80. The van der Waals surface area contributed by atoms with Crippen molar-refractivity contribution in [3.05, 3.63) is 22.4 Å². The van der Waals surface area contributed by atoms with Crippen molar-refractivity contribution in [3.63, 3.8) is 0 Å². The third kappa shape index (κ3) is 3.89. The minimum atomic E-state index is 0.223. The van der Waals surface area contributed by atoms with E-state index in [-0.39, 0.29) is 6.61 Å². The van der Waals surface area contributed by atoms with Crippen LogP contribution in [0.4, 0.5) is 0 Å². The Bertz CT molecular complexity index is 211. The van der Waals surface area contributed by atoms with E-state index >= 15 is 0 Å². The molecule has 3 heteroatoms. The third-order valence-corrected chi connectivity index (χ3v) is 2.96. The first-order valence-electron chi connectivity index (χ1n) is 4.73. The summed E-state index contributed by atoms with van der Waals surface area (Å²) in [5, 5.41) is 14.1. The van der Waals surface area contributed by atoms with Gasteiger partial charge in [0.25, 0.3) is 0 Å². The van der Waals surface area contributed by atoms with Gasteiger partial charge in [0.2, 0.25) is 0 Å². The Labute approximate surface area is 83.6 Å². The van der Waals surface area contributed by atoms with Gasteiger partial charge in [-0.2, -0.15) is 0 Å². The molecule has 0 saturated heterocycles. The van der Waals surface area contributed by atoms with Gasteiger partial charge in [0.15, 0.2) is 0 Å². The van der Waals surface area contributed by atoms with E-state index in [4.69, 9.17) is 5.11 Å². The molecule has 2 N–H and O–H groups in total. The van der Waals surface area contributed by atoms with Gasteiger partial charge in [-0.05, 0) is 24.3 Å². The van der Waals surface area contributed by atoms with Crippen LogP contribution in [0.1, 0.15) is 18.2 Å². The molecule has 0 radical (unpaired) electrons. The van der Waals surface area contributed by atoms with Crippen molar-refractivity contribution in [1.29, 1.82) is 0 Å². The summed E-state index contributed by atoms with van der Waals surface area (Å²) in [6, 6.07) is 4.75. The molecule has 0 aromatic carbocycles. The molecule has 0 fully saturated rings. The minimum Gasteiger partial charge on any atom is -0.395 e. The van der Waals surface area contributed by atoms with Gasteiger partial charge < -0.3 is 10.4 Å². The van der Waals surface area contributed by atoms with Crippen LogP contribution in [0, 0.1) is 0 Å². The van der Waals surface area contributed by atoms with Crippen LogP contribution in [-0.2, 0) is 6.42 Å². The number of hydrogen-bond donors (Lipinski definition) is 2. The first kappa shape index (κ1) is 10.7. The number of thiophene rings is 1. The summed E-state index contributed by atoms with van der Waals surface area (Å²) in [4.78, 5) is 1.41. The predicted octanol–water partition coefficient (Wildman–Crippen LogP) is 1.65. The summed E-state index contributed by atoms with van der Waals surface area (Å²) in [6.45, 7) is 3.09. The molecule has 0 saturated carbocycles. The van der Waals surface area contributed by atoms with Crippen LogP contribution in [-0.4, -0.2) is 24.3 Å². The normalized spacial score (nSPS) is 13.1. The fourth-order valence-corrected chi connectivity index (χ4v) is 2.09. The lowest BCUT2D eigenvalue weighted by molar-refractivity contribution is 0.282. The highest BCUT2D eigenvalue weighted by Crippen LogP contribution is 2.12. The van der Waals surface area contributed by atoms with Gasteiger partial charge in [-0.25, -0.2) is 0 Å². The predicted molar refractivity (Wildman–Crippen MR) is 57.2 cm³/mol. The first-order chi connectivity index (χ1) is 6.36. The van der Waals surface area contributed by atoms with E-state index < -0.39 is 0 Å². The van der Waals surface area contributed by atoms with Gasteiger partial charge in [0, 0.05) is 17.5 Å². The molecule has 0 aliphatic rings. The van der Waals surface area contributed by atoms with Crippen molar-refractivity contribution in [3.8, 4) is 0 Å². The molecule has 1 aromatic heterocycles. The van der Waals surface area contributed by atoms with Crippen molar-refractivity contribution >= 4 is 11.3 Å². The maximum Gasteiger partial charge on any atom is 0.0556 e. The Morgan fingerprint density at radius 2 is 2.46 bits per heavy atom.